The first-order chi connectivity index (χ1) is 21.3. The summed E-state index contributed by atoms with van der Waals surface area (Å²) in [5, 5.41) is 8.90. The van der Waals surface area contributed by atoms with Crippen molar-refractivity contribution in [1.82, 2.24) is 4.98 Å². The molecule has 0 fully saturated rings. The fourth-order valence-electron chi connectivity index (χ4n) is 3.89. The van der Waals surface area contributed by atoms with Crippen LogP contribution in [-0.4, -0.2) is 24.7 Å². The van der Waals surface area contributed by atoms with E-state index in [4.69, 9.17) is 11.8 Å². The van der Waals surface area contributed by atoms with Gasteiger partial charge in [0.15, 0.2) is 0 Å². The van der Waals surface area contributed by atoms with Gasteiger partial charge in [0.05, 0.1) is 29.6 Å². The van der Waals surface area contributed by atoms with E-state index < -0.39 is 23.3 Å². The van der Waals surface area contributed by atoms with Crippen molar-refractivity contribution in [1.29, 1.82) is 5.26 Å². The van der Waals surface area contributed by atoms with Crippen molar-refractivity contribution in [3.8, 4) is 6.07 Å². The van der Waals surface area contributed by atoms with E-state index in [1.165, 1.54) is 36.7 Å². The van der Waals surface area contributed by atoms with Gasteiger partial charge in [0.2, 0.25) is 5.70 Å². The summed E-state index contributed by atoms with van der Waals surface area (Å²) in [5.74, 6) is -2.54. The number of allylic oxidation sites excluding steroid dienone is 5. The third-order valence-corrected chi connectivity index (χ3v) is 8.30. The third-order valence-electron chi connectivity index (χ3n) is 5.90. The molecule has 218 valence electrons. The number of hydrogen-bond donors (Lipinski definition) is 0. The van der Waals surface area contributed by atoms with Crippen molar-refractivity contribution in [2.24, 2.45) is 15.0 Å². The first-order valence-corrected chi connectivity index (χ1v) is 14.3. The molecule has 0 saturated carbocycles. The number of aliphatic imine (C=N–C) groups is 3. The molecule has 3 aliphatic heterocycles. The quantitative estimate of drug-likeness (QED) is 0.113. The topological polar surface area (TPSA) is 79.3 Å². The van der Waals surface area contributed by atoms with E-state index in [-0.39, 0.29) is 30.4 Å². The summed E-state index contributed by atoms with van der Waals surface area (Å²) >= 11 is 2.24. The van der Waals surface area contributed by atoms with Gasteiger partial charge >= 0.3 is 0 Å². The summed E-state index contributed by atoms with van der Waals surface area (Å²) in [6, 6.07) is 12.0. The van der Waals surface area contributed by atoms with E-state index in [0.717, 1.165) is 35.7 Å². The van der Waals surface area contributed by atoms with E-state index in [0.29, 0.717) is 43.1 Å². The van der Waals surface area contributed by atoms with Gasteiger partial charge in [0.1, 0.15) is 29.3 Å². The standard InChI is InChI=1S/C16H9F2N3S.C16H8F2N3S.Zn/c1-19-11-8-14(21-9-11)16(13-3-2-6-20-13)22-15-5-4-10(17)7-12(15)18;17-11-3-4-15(12(18)7-11)22-16(13-2-1-5-20-13)14-6-10(8-19)9-21-14;/h2-9,14H;1-7,9H;/q;-1;/b16-13+;16-14+;. The Hall–Kier alpha value is -4.55. The summed E-state index contributed by atoms with van der Waals surface area (Å²) in [6.45, 7) is 7.02. The number of halogens is 4. The van der Waals surface area contributed by atoms with Crippen LogP contribution < -0.4 is 4.98 Å². The minimum atomic E-state index is -0.652. The number of thioether (sulfide) groups is 2. The normalized spacial score (nSPS) is 18.0. The summed E-state index contributed by atoms with van der Waals surface area (Å²) in [4.78, 5) is 22.0. The van der Waals surface area contributed by atoms with Crippen molar-refractivity contribution in [2.45, 2.75) is 15.8 Å². The van der Waals surface area contributed by atoms with Crippen molar-refractivity contribution in [2.75, 3.05) is 0 Å². The van der Waals surface area contributed by atoms with Crippen LogP contribution >= 0.6 is 23.5 Å². The van der Waals surface area contributed by atoms with E-state index >= 15 is 0 Å². The minimum absolute atomic E-state index is 0. The molecule has 1 aromatic heterocycles. The van der Waals surface area contributed by atoms with Gasteiger partial charge in [-0.25, -0.2) is 22.4 Å². The van der Waals surface area contributed by atoms with Crippen molar-refractivity contribution in [3.63, 3.8) is 0 Å². The van der Waals surface area contributed by atoms with Crippen LogP contribution in [0, 0.1) is 41.2 Å². The van der Waals surface area contributed by atoms with Gasteiger partial charge in [0, 0.05) is 69.9 Å². The minimum Gasteiger partial charge on any atom is -0.663 e. The van der Waals surface area contributed by atoms with E-state index in [2.05, 4.69) is 24.8 Å². The van der Waals surface area contributed by atoms with Gasteiger partial charge in [-0.3, -0.25) is 15.0 Å². The Kier molecular flexibility index (Phi) is 11.4. The summed E-state index contributed by atoms with van der Waals surface area (Å²) < 4.78 is 53.8. The largest absolute Gasteiger partial charge is 0.663 e. The van der Waals surface area contributed by atoms with Crippen LogP contribution in [0.25, 0.3) is 9.75 Å². The number of aromatic nitrogens is 1. The molecule has 0 spiro atoms. The van der Waals surface area contributed by atoms with Crippen LogP contribution in [0.2, 0.25) is 0 Å². The molecule has 3 aliphatic rings. The summed E-state index contributed by atoms with van der Waals surface area (Å²) in [7, 11) is 0. The van der Waals surface area contributed by atoms with Crippen LogP contribution in [-0.2, 0) is 19.5 Å². The Labute approximate surface area is 277 Å². The predicted molar refractivity (Wildman–Crippen MR) is 165 cm³/mol. The number of rotatable bonds is 6. The van der Waals surface area contributed by atoms with Gasteiger partial charge in [-0.1, -0.05) is 35.7 Å². The molecule has 6 rings (SSSR count). The monoisotopic (exact) mass is 689 g/mol. The van der Waals surface area contributed by atoms with E-state index in [1.54, 1.807) is 48.8 Å². The molecule has 6 nitrogen and oxygen atoms in total. The van der Waals surface area contributed by atoms with Gasteiger partial charge < -0.3 is 4.98 Å². The predicted octanol–water partition coefficient (Wildman–Crippen LogP) is 8.08. The second kappa shape index (κ2) is 15.4. The maximum atomic E-state index is 13.9. The van der Waals surface area contributed by atoms with Crippen LogP contribution in [0.15, 0.2) is 131 Å². The van der Waals surface area contributed by atoms with Crippen LogP contribution in [0.4, 0.5) is 17.6 Å². The number of benzene rings is 2. The average Bonchev–Trinajstić information content (AvgIpc) is 3.85. The van der Waals surface area contributed by atoms with Crippen LogP contribution in [0.5, 0.6) is 0 Å². The smallest absolute Gasteiger partial charge is 0.203 e. The molecule has 0 bridgehead atoms. The molecule has 3 aromatic rings. The van der Waals surface area contributed by atoms with Gasteiger partial charge in [-0.15, -0.1) is 5.69 Å². The van der Waals surface area contributed by atoms with Gasteiger partial charge in [-0.05, 0) is 48.6 Å². The van der Waals surface area contributed by atoms with Crippen LogP contribution in [0.3, 0.4) is 0 Å². The first kappa shape index (κ1) is 33.3. The fourth-order valence-corrected chi connectivity index (χ4v) is 5.84. The molecule has 1 unspecified atom stereocenters. The second-order valence-electron chi connectivity index (χ2n) is 8.87. The van der Waals surface area contributed by atoms with Gasteiger partial charge in [-0.2, -0.15) is 11.5 Å². The summed E-state index contributed by atoms with van der Waals surface area (Å²) in [6.07, 6.45) is 13.1. The molecule has 4 heterocycles. The molecule has 0 saturated heterocycles. The van der Waals surface area contributed by atoms with Crippen molar-refractivity contribution in [3.05, 3.63) is 147 Å². The van der Waals surface area contributed by atoms with Crippen molar-refractivity contribution >= 4 is 47.1 Å². The Bertz CT molecular complexity index is 1930. The molecular formula is C32H17F4N6S2Zn-. The molecule has 45 heavy (non-hydrogen) atoms. The Morgan fingerprint density at radius 3 is 2.18 bits per heavy atom. The second-order valence-corrected chi connectivity index (χ2v) is 11.0. The molecule has 13 heteroatoms. The zero-order valence-electron chi connectivity index (χ0n) is 23.0. The molecule has 0 aliphatic carbocycles. The average molecular weight is 691 g/mol. The van der Waals surface area contributed by atoms with E-state index in [9.17, 15) is 17.6 Å². The van der Waals surface area contributed by atoms with Gasteiger partial charge in [0.25, 0.3) is 0 Å². The maximum Gasteiger partial charge on any atom is 0.203 e. The number of nitriles is 1. The maximum absolute atomic E-state index is 13.9. The molecule has 2 aromatic carbocycles. The Morgan fingerprint density at radius 1 is 0.933 bits per heavy atom. The van der Waals surface area contributed by atoms with Crippen molar-refractivity contribution < 1.29 is 37.0 Å². The SMILES string of the molecule is N#CC1=C/C(=C(\Sc2ccc(F)cc2F)c2ccc[n-]2)N=C1.[C-]#[N+]C1=CC(/C(Sc2ccc(F)cc2F)=C2/C=CC=N2)N=C1.[Zn]. The zero-order chi connectivity index (χ0) is 31.1. The third kappa shape index (κ3) is 8.34. The number of hydrogen-bond acceptors (Lipinski definition) is 6. The zero-order valence-corrected chi connectivity index (χ0v) is 27.6. The van der Waals surface area contributed by atoms with E-state index in [1.807, 2.05) is 6.07 Å². The fraction of sp³-hybridized carbons (Fsp3) is 0.0312. The molecule has 0 amide bonds. The molecule has 0 N–H and O–H groups in total. The number of nitrogens with zero attached hydrogens (tertiary/aromatic N) is 6. The molecule has 1 atom stereocenters. The summed E-state index contributed by atoms with van der Waals surface area (Å²) in [5.41, 5.74) is 2.67. The Balaban J connectivity index is 0.000000200. The first-order valence-electron chi connectivity index (χ1n) is 12.7. The van der Waals surface area contributed by atoms with Crippen LogP contribution in [0.1, 0.15) is 5.69 Å². The molecular weight excluding hydrogens is 674 g/mol. The molecule has 0 radical (unpaired) electrons. The Morgan fingerprint density at radius 2 is 1.64 bits per heavy atom.